The molecule has 4 heteroatoms. The van der Waals surface area contributed by atoms with Gasteiger partial charge in [0.2, 0.25) is 0 Å². The molecule has 1 aromatic carbocycles. The van der Waals surface area contributed by atoms with Crippen molar-refractivity contribution in [1.82, 2.24) is 9.97 Å². The summed E-state index contributed by atoms with van der Waals surface area (Å²) in [5.74, 6) is 8.26. The number of nitrogens with two attached hydrogens (primary N) is 1. The Hall–Kier alpha value is -1.94. The first-order valence-electron chi connectivity index (χ1n) is 7.61. The number of hydrazine groups is 1. The molecule has 4 nitrogen and oxygen atoms in total. The van der Waals surface area contributed by atoms with Gasteiger partial charge in [0.15, 0.2) is 5.82 Å². The van der Waals surface area contributed by atoms with Crippen molar-refractivity contribution in [2.75, 3.05) is 5.43 Å². The fourth-order valence-electron chi connectivity index (χ4n) is 2.67. The zero-order valence-corrected chi connectivity index (χ0v) is 12.6. The number of anilines is 1. The second-order valence-electron chi connectivity index (χ2n) is 6.17. The molecule has 1 saturated carbocycles. The van der Waals surface area contributed by atoms with E-state index in [0.29, 0.717) is 17.7 Å². The zero-order chi connectivity index (χ0) is 14.8. The lowest BCUT2D eigenvalue weighted by Gasteiger charge is -2.12. The monoisotopic (exact) mass is 282 g/mol. The van der Waals surface area contributed by atoms with Gasteiger partial charge in [-0.1, -0.05) is 38.1 Å². The molecule has 0 bridgehead atoms. The lowest BCUT2D eigenvalue weighted by molar-refractivity contribution is 0.635. The molecule has 1 aromatic heterocycles. The number of nitrogen functional groups attached to an aromatic ring is 1. The van der Waals surface area contributed by atoms with E-state index in [4.69, 9.17) is 10.8 Å². The molecule has 3 rings (SSSR count). The number of nitrogens with zero attached hydrogens (tertiary/aromatic N) is 2. The maximum Gasteiger partial charge on any atom is 0.162 e. The van der Waals surface area contributed by atoms with Crippen molar-refractivity contribution in [1.29, 1.82) is 0 Å². The van der Waals surface area contributed by atoms with Crippen LogP contribution in [0.2, 0.25) is 0 Å². The third-order valence-electron chi connectivity index (χ3n) is 3.76. The Morgan fingerprint density at radius 1 is 1.24 bits per heavy atom. The molecule has 1 fully saturated rings. The normalized spacial score (nSPS) is 14.5. The highest BCUT2D eigenvalue weighted by atomic mass is 15.3. The van der Waals surface area contributed by atoms with Gasteiger partial charge in [-0.05, 0) is 36.7 Å². The Balaban J connectivity index is 2.05. The fourth-order valence-corrected chi connectivity index (χ4v) is 2.67. The van der Waals surface area contributed by atoms with Crippen LogP contribution in [-0.2, 0) is 6.42 Å². The number of rotatable bonds is 5. The van der Waals surface area contributed by atoms with E-state index in [-0.39, 0.29) is 0 Å². The van der Waals surface area contributed by atoms with E-state index in [9.17, 15) is 0 Å². The summed E-state index contributed by atoms with van der Waals surface area (Å²) in [6, 6.07) is 10.4. The molecule has 110 valence electrons. The smallest absolute Gasteiger partial charge is 0.162 e. The maximum absolute atomic E-state index is 5.57. The van der Waals surface area contributed by atoms with Crippen LogP contribution >= 0.6 is 0 Å². The highest BCUT2D eigenvalue weighted by Crippen LogP contribution is 2.43. The molecule has 2 aromatic rings. The van der Waals surface area contributed by atoms with Crippen LogP contribution in [0.1, 0.15) is 43.9 Å². The Morgan fingerprint density at radius 2 is 2.00 bits per heavy atom. The highest BCUT2D eigenvalue weighted by molar-refractivity contribution is 5.63. The lowest BCUT2D eigenvalue weighted by Crippen LogP contribution is -2.11. The summed E-state index contributed by atoms with van der Waals surface area (Å²) < 4.78 is 0. The third-order valence-corrected chi connectivity index (χ3v) is 3.76. The SMILES string of the molecule is CC(C)Cc1cc(NN)nc(-c2ccccc2C2CC2)n1. The lowest BCUT2D eigenvalue weighted by atomic mass is 10.0. The summed E-state index contributed by atoms with van der Waals surface area (Å²) in [5, 5.41) is 0. The average molecular weight is 282 g/mol. The second-order valence-corrected chi connectivity index (χ2v) is 6.17. The summed E-state index contributed by atoms with van der Waals surface area (Å²) in [6.07, 6.45) is 3.46. The summed E-state index contributed by atoms with van der Waals surface area (Å²) in [5.41, 5.74) is 6.20. The van der Waals surface area contributed by atoms with Gasteiger partial charge in [0.1, 0.15) is 5.82 Å². The molecule has 0 saturated heterocycles. The van der Waals surface area contributed by atoms with Crippen molar-refractivity contribution in [3.8, 4) is 11.4 Å². The molecular formula is C17H22N4. The van der Waals surface area contributed by atoms with Crippen LogP contribution in [0.4, 0.5) is 5.82 Å². The number of hydrogen-bond acceptors (Lipinski definition) is 4. The average Bonchev–Trinajstić information content (AvgIpc) is 3.30. The third kappa shape index (κ3) is 3.22. The first-order valence-corrected chi connectivity index (χ1v) is 7.61. The van der Waals surface area contributed by atoms with Crippen molar-refractivity contribution in [3.63, 3.8) is 0 Å². The van der Waals surface area contributed by atoms with Crippen LogP contribution in [0.25, 0.3) is 11.4 Å². The van der Waals surface area contributed by atoms with E-state index in [2.05, 4.69) is 48.5 Å². The fraction of sp³-hybridized carbons (Fsp3) is 0.412. The van der Waals surface area contributed by atoms with Crippen molar-refractivity contribution < 1.29 is 0 Å². The van der Waals surface area contributed by atoms with Crippen LogP contribution < -0.4 is 11.3 Å². The largest absolute Gasteiger partial charge is 0.308 e. The van der Waals surface area contributed by atoms with Gasteiger partial charge in [0.05, 0.1) is 0 Å². The van der Waals surface area contributed by atoms with Crippen molar-refractivity contribution in [3.05, 3.63) is 41.6 Å². The molecule has 1 heterocycles. The molecule has 0 unspecified atom stereocenters. The van der Waals surface area contributed by atoms with Gasteiger partial charge in [-0.25, -0.2) is 15.8 Å². The molecule has 0 radical (unpaired) electrons. The van der Waals surface area contributed by atoms with Crippen LogP contribution in [0.15, 0.2) is 30.3 Å². The first kappa shape index (κ1) is 14.0. The van der Waals surface area contributed by atoms with E-state index < -0.39 is 0 Å². The molecule has 21 heavy (non-hydrogen) atoms. The van der Waals surface area contributed by atoms with E-state index in [1.54, 1.807) is 0 Å². The first-order chi connectivity index (χ1) is 10.2. The molecule has 0 amide bonds. The number of aromatic nitrogens is 2. The van der Waals surface area contributed by atoms with Crippen LogP contribution in [-0.4, -0.2) is 9.97 Å². The van der Waals surface area contributed by atoms with E-state index in [1.165, 1.54) is 18.4 Å². The number of hydrogen-bond donors (Lipinski definition) is 2. The second kappa shape index (κ2) is 5.82. The van der Waals surface area contributed by atoms with Gasteiger partial charge in [-0.3, -0.25) is 0 Å². The van der Waals surface area contributed by atoms with Gasteiger partial charge >= 0.3 is 0 Å². The highest BCUT2D eigenvalue weighted by Gasteiger charge is 2.27. The van der Waals surface area contributed by atoms with Gasteiger partial charge in [-0.15, -0.1) is 0 Å². The van der Waals surface area contributed by atoms with Crippen LogP contribution in [0.5, 0.6) is 0 Å². The Labute approximate surface area is 125 Å². The molecule has 1 aliphatic carbocycles. The van der Waals surface area contributed by atoms with Crippen LogP contribution in [0.3, 0.4) is 0 Å². The minimum absolute atomic E-state index is 0.553. The predicted octanol–water partition coefficient (Wildman–Crippen LogP) is 3.51. The summed E-state index contributed by atoms with van der Waals surface area (Å²) in [7, 11) is 0. The minimum atomic E-state index is 0.553. The standard InChI is InChI=1S/C17H22N4/c1-11(2)9-13-10-16(21-18)20-17(19-13)15-6-4-3-5-14(15)12-7-8-12/h3-6,10-12H,7-9,18H2,1-2H3,(H,19,20,21). The topological polar surface area (TPSA) is 63.8 Å². The molecule has 0 atom stereocenters. The van der Waals surface area contributed by atoms with Gasteiger partial charge in [-0.2, -0.15) is 0 Å². The molecule has 0 aliphatic heterocycles. The van der Waals surface area contributed by atoms with Crippen molar-refractivity contribution in [2.24, 2.45) is 11.8 Å². The Bertz CT molecular complexity index is 632. The Kier molecular flexibility index (Phi) is 3.88. The maximum atomic E-state index is 5.57. The summed E-state index contributed by atoms with van der Waals surface area (Å²) in [6.45, 7) is 4.38. The quantitative estimate of drug-likeness (QED) is 0.650. The van der Waals surface area contributed by atoms with Crippen molar-refractivity contribution >= 4 is 5.82 Å². The summed E-state index contributed by atoms with van der Waals surface area (Å²) >= 11 is 0. The van der Waals surface area contributed by atoms with E-state index in [1.807, 2.05) is 6.07 Å². The van der Waals surface area contributed by atoms with E-state index >= 15 is 0 Å². The summed E-state index contributed by atoms with van der Waals surface area (Å²) in [4.78, 5) is 9.31. The molecule has 3 N–H and O–H groups in total. The predicted molar refractivity (Wildman–Crippen MR) is 85.8 cm³/mol. The Morgan fingerprint density at radius 3 is 2.67 bits per heavy atom. The number of nitrogens with one attached hydrogen (secondary N) is 1. The van der Waals surface area contributed by atoms with Crippen molar-refractivity contribution in [2.45, 2.75) is 39.0 Å². The minimum Gasteiger partial charge on any atom is -0.308 e. The molecule has 1 aliphatic rings. The molecular weight excluding hydrogens is 260 g/mol. The van der Waals surface area contributed by atoms with Gasteiger partial charge < -0.3 is 5.43 Å². The van der Waals surface area contributed by atoms with Gasteiger partial charge in [0.25, 0.3) is 0 Å². The zero-order valence-electron chi connectivity index (χ0n) is 12.6. The van der Waals surface area contributed by atoms with Crippen LogP contribution in [0, 0.1) is 5.92 Å². The molecule has 0 spiro atoms. The van der Waals surface area contributed by atoms with E-state index in [0.717, 1.165) is 23.5 Å². The van der Waals surface area contributed by atoms with Gasteiger partial charge in [0, 0.05) is 17.3 Å². The number of benzene rings is 1.